The number of hydrazine groups is 1. The van der Waals surface area contributed by atoms with Gasteiger partial charge < -0.3 is 0 Å². The zero-order valence-electron chi connectivity index (χ0n) is 11.3. The fraction of sp³-hybridized carbons (Fsp3) is 0. The molecule has 0 bridgehead atoms. The van der Waals surface area contributed by atoms with E-state index in [0.717, 1.165) is 0 Å². The minimum Gasteiger partial charge on any atom is -0.268 e. The van der Waals surface area contributed by atoms with Gasteiger partial charge in [-0.15, -0.1) is 0 Å². The molecule has 0 heterocycles. The van der Waals surface area contributed by atoms with E-state index in [1.807, 2.05) is 0 Å². The summed E-state index contributed by atoms with van der Waals surface area (Å²) in [4.78, 5) is 23.3. The second-order valence-electron chi connectivity index (χ2n) is 4.34. The molecule has 0 aliphatic heterocycles. The van der Waals surface area contributed by atoms with Gasteiger partial charge in [0.15, 0.2) is 0 Å². The average molecular weight is 319 g/mol. The number of halogens is 2. The van der Waals surface area contributed by atoms with Crippen molar-refractivity contribution in [1.82, 2.24) is 10.9 Å². The predicted molar refractivity (Wildman–Crippen MR) is 82.5 cm³/mol. The highest BCUT2D eigenvalue weighted by atomic mass is 35.5. The maximum absolute atomic E-state index is 12.7. The molecular weight excluding hydrogens is 307 g/mol. The van der Waals surface area contributed by atoms with Crippen molar-refractivity contribution >= 4 is 29.5 Å². The molecule has 0 saturated heterocycles. The van der Waals surface area contributed by atoms with Gasteiger partial charge in [-0.3, -0.25) is 20.4 Å². The Labute approximate surface area is 131 Å². The normalized spacial score (nSPS) is 10.5. The molecule has 4 nitrogen and oxygen atoms in total. The van der Waals surface area contributed by atoms with Crippen molar-refractivity contribution in [3.8, 4) is 0 Å². The van der Waals surface area contributed by atoms with Crippen LogP contribution in [-0.2, 0) is 4.79 Å². The second-order valence-corrected chi connectivity index (χ2v) is 4.78. The third-order valence-corrected chi connectivity index (χ3v) is 2.92. The number of carbonyl (C=O) groups excluding carboxylic acids is 2. The molecule has 0 fully saturated rings. The quantitative estimate of drug-likeness (QED) is 0.675. The zero-order valence-corrected chi connectivity index (χ0v) is 12.1. The Balaban J connectivity index is 1.87. The van der Waals surface area contributed by atoms with Gasteiger partial charge in [0.1, 0.15) is 5.82 Å². The van der Waals surface area contributed by atoms with E-state index in [1.54, 1.807) is 18.2 Å². The Hall–Kier alpha value is -2.66. The molecule has 2 amide bonds. The Morgan fingerprint density at radius 3 is 2.45 bits per heavy atom. The van der Waals surface area contributed by atoms with Crippen LogP contribution < -0.4 is 10.9 Å². The molecule has 0 atom stereocenters. The van der Waals surface area contributed by atoms with Gasteiger partial charge in [-0.2, -0.15) is 0 Å². The summed E-state index contributed by atoms with van der Waals surface area (Å²) in [5.74, 6) is -1.35. The summed E-state index contributed by atoms with van der Waals surface area (Å²) in [6, 6.07) is 12.0. The molecule has 0 aromatic heterocycles. The van der Waals surface area contributed by atoms with Gasteiger partial charge in [-0.05, 0) is 42.0 Å². The summed E-state index contributed by atoms with van der Waals surface area (Å²) in [6.45, 7) is 0. The van der Waals surface area contributed by atoms with Crippen LogP contribution >= 0.6 is 11.6 Å². The van der Waals surface area contributed by atoms with Gasteiger partial charge in [-0.1, -0.05) is 29.8 Å². The van der Waals surface area contributed by atoms with Crippen LogP contribution in [0.5, 0.6) is 0 Å². The number of rotatable bonds is 3. The SMILES string of the molecule is O=C(C=Cc1ccc(F)cc1)NNC(=O)c1cccc(Cl)c1. The number of nitrogens with one attached hydrogen (secondary N) is 2. The monoisotopic (exact) mass is 318 g/mol. The van der Waals surface area contributed by atoms with Gasteiger partial charge in [0.2, 0.25) is 0 Å². The molecule has 0 aliphatic carbocycles. The minimum absolute atomic E-state index is 0.329. The van der Waals surface area contributed by atoms with Crippen molar-refractivity contribution in [2.75, 3.05) is 0 Å². The Bertz CT molecular complexity index is 714. The lowest BCUT2D eigenvalue weighted by Crippen LogP contribution is -2.40. The van der Waals surface area contributed by atoms with E-state index < -0.39 is 11.8 Å². The first-order valence-corrected chi connectivity index (χ1v) is 6.72. The lowest BCUT2D eigenvalue weighted by molar-refractivity contribution is -0.117. The van der Waals surface area contributed by atoms with Crippen molar-refractivity contribution in [3.63, 3.8) is 0 Å². The van der Waals surface area contributed by atoms with Gasteiger partial charge in [0, 0.05) is 16.7 Å². The summed E-state index contributed by atoms with van der Waals surface area (Å²) in [5.41, 5.74) is 5.50. The van der Waals surface area contributed by atoms with Crippen LogP contribution in [0.15, 0.2) is 54.6 Å². The van der Waals surface area contributed by atoms with Crippen LogP contribution in [-0.4, -0.2) is 11.8 Å². The highest BCUT2D eigenvalue weighted by Crippen LogP contribution is 2.10. The number of hydrogen-bond donors (Lipinski definition) is 2. The molecule has 22 heavy (non-hydrogen) atoms. The number of benzene rings is 2. The standard InChI is InChI=1S/C16H12ClFN2O2/c17-13-3-1-2-12(10-13)16(22)20-19-15(21)9-6-11-4-7-14(18)8-5-11/h1-10H,(H,19,21)(H,20,22). The topological polar surface area (TPSA) is 58.2 Å². The van der Waals surface area contributed by atoms with Crippen molar-refractivity contribution in [2.45, 2.75) is 0 Å². The van der Waals surface area contributed by atoms with E-state index in [9.17, 15) is 14.0 Å². The van der Waals surface area contributed by atoms with Crippen LogP contribution in [0.25, 0.3) is 6.08 Å². The molecule has 0 saturated carbocycles. The van der Waals surface area contributed by atoms with E-state index in [-0.39, 0.29) is 5.82 Å². The van der Waals surface area contributed by atoms with Crippen molar-refractivity contribution in [2.24, 2.45) is 0 Å². The van der Waals surface area contributed by atoms with Crippen molar-refractivity contribution in [3.05, 3.63) is 76.6 Å². The summed E-state index contributed by atoms with van der Waals surface area (Å²) in [6.07, 6.45) is 2.73. The molecule has 6 heteroatoms. The molecular formula is C16H12ClFN2O2. The third kappa shape index (κ3) is 4.71. The smallest absolute Gasteiger partial charge is 0.268 e. The third-order valence-electron chi connectivity index (χ3n) is 2.68. The van der Waals surface area contributed by atoms with Crippen LogP contribution in [0.4, 0.5) is 4.39 Å². The first-order chi connectivity index (χ1) is 10.5. The summed E-state index contributed by atoms with van der Waals surface area (Å²) in [5, 5.41) is 0.426. The zero-order chi connectivity index (χ0) is 15.9. The molecule has 2 aromatic rings. The average Bonchev–Trinajstić information content (AvgIpc) is 2.52. The van der Waals surface area contributed by atoms with E-state index in [2.05, 4.69) is 10.9 Å². The van der Waals surface area contributed by atoms with Crippen LogP contribution in [0.3, 0.4) is 0 Å². The summed E-state index contributed by atoms with van der Waals surface area (Å²) in [7, 11) is 0. The second kappa shape index (κ2) is 7.38. The fourth-order valence-electron chi connectivity index (χ4n) is 1.61. The molecule has 2 aromatic carbocycles. The molecule has 2 rings (SSSR count). The predicted octanol–water partition coefficient (Wildman–Crippen LogP) is 2.95. The summed E-state index contributed by atoms with van der Waals surface area (Å²) < 4.78 is 12.7. The molecule has 2 N–H and O–H groups in total. The molecule has 0 spiro atoms. The number of carbonyl (C=O) groups is 2. The maximum atomic E-state index is 12.7. The van der Waals surface area contributed by atoms with Crippen LogP contribution in [0.1, 0.15) is 15.9 Å². The molecule has 112 valence electrons. The first kappa shape index (κ1) is 15.7. The molecule has 0 aliphatic rings. The lowest BCUT2D eigenvalue weighted by atomic mass is 10.2. The number of amides is 2. The van der Waals surface area contributed by atoms with Crippen molar-refractivity contribution in [1.29, 1.82) is 0 Å². The van der Waals surface area contributed by atoms with E-state index in [4.69, 9.17) is 11.6 Å². The highest BCUT2D eigenvalue weighted by molar-refractivity contribution is 6.30. The van der Waals surface area contributed by atoms with Gasteiger partial charge in [0.05, 0.1) is 0 Å². The van der Waals surface area contributed by atoms with Crippen LogP contribution in [0, 0.1) is 5.82 Å². The number of hydrogen-bond acceptors (Lipinski definition) is 2. The fourth-order valence-corrected chi connectivity index (χ4v) is 1.80. The molecule has 0 radical (unpaired) electrons. The van der Waals surface area contributed by atoms with E-state index in [0.29, 0.717) is 16.1 Å². The molecule has 0 unspecified atom stereocenters. The summed E-state index contributed by atoms with van der Waals surface area (Å²) >= 11 is 5.78. The highest BCUT2D eigenvalue weighted by Gasteiger charge is 2.06. The van der Waals surface area contributed by atoms with Gasteiger partial charge in [0.25, 0.3) is 11.8 Å². The first-order valence-electron chi connectivity index (χ1n) is 6.34. The van der Waals surface area contributed by atoms with Gasteiger partial charge >= 0.3 is 0 Å². The Morgan fingerprint density at radius 1 is 1.05 bits per heavy atom. The van der Waals surface area contributed by atoms with Gasteiger partial charge in [-0.25, -0.2) is 4.39 Å². The Kier molecular flexibility index (Phi) is 5.27. The van der Waals surface area contributed by atoms with Crippen molar-refractivity contribution < 1.29 is 14.0 Å². The minimum atomic E-state index is -0.514. The largest absolute Gasteiger partial charge is 0.269 e. The Morgan fingerprint density at radius 2 is 1.77 bits per heavy atom. The lowest BCUT2D eigenvalue weighted by Gasteiger charge is -2.05. The maximum Gasteiger partial charge on any atom is 0.269 e. The van der Waals surface area contributed by atoms with E-state index >= 15 is 0 Å². The van der Waals surface area contributed by atoms with Crippen LogP contribution in [0.2, 0.25) is 5.02 Å². The van der Waals surface area contributed by atoms with E-state index in [1.165, 1.54) is 42.5 Å².